The van der Waals surface area contributed by atoms with Crippen molar-refractivity contribution >= 4 is 0 Å². The highest BCUT2D eigenvalue weighted by Crippen LogP contribution is 2.21. The van der Waals surface area contributed by atoms with E-state index in [1.54, 1.807) is 17.2 Å². The maximum absolute atomic E-state index is 4.79. The zero-order chi connectivity index (χ0) is 16.2. The van der Waals surface area contributed by atoms with Gasteiger partial charge >= 0.3 is 0 Å². The van der Waals surface area contributed by atoms with Crippen molar-refractivity contribution in [3.05, 3.63) is 90.8 Å². The number of hydrogen-bond donors (Lipinski definition) is 0. The van der Waals surface area contributed by atoms with Crippen LogP contribution in [0.5, 0.6) is 0 Å². The van der Waals surface area contributed by atoms with Gasteiger partial charge in [0.15, 0.2) is 0 Å². The lowest BCUT2D eigenvalue weighted by molar-refractivity contribution is 0.579. The van der Waals surface area contributed by atoms with Crippen molar-refractivity contribution in [2.45, 2.75) is 13.1 Å². The first kappa shape index (κ1) is 14.4. The molecule has 0 aliphatic rings. The molecule has 0 radical (unpaired) electrons. The van der Waals surface area contributed by atoms with E-state index in [4.69, 9.17) is 4.98 Å². The summed E-state index contributed by atoms with van der Waals surface area (Å²) < 4.78 is 2.12. The van der Waals surface area contributed by atoms with E-state index in [-0.39, 0.29) is 0 Å². The number of hydrogen-bond acceptors (Lipinski definition) is 3. The number of pyridine rings is 1. The molecule has 0 saturated heterocycles. The van der Waals surface area contributed by atoms with Gasteiger partial charge in [0.05, 0.1) is 30.3 Å². The van der Waals surface area contributed by atoms with Crippen LogP contribution >= 0.6 is 0 Å². The fraction of sp³-hybridized carbons (Fsp3) is 0.105. The van der Waals surface area contributed by atoms with E-state index in [1.807, 2.05) is 30.6 Å². The molecule has 1 aromatic carbocycles. The van der Waals surface area contributed by atoms with Gasteiger partial charge in [-0.05, 0) is 35.4 Å². The molecule has 0 unspecified atom stereocenters. The maximum Gasteiger partial charge on any atom is 0.103 e. The Morgan fingerprint density at radius 3 is 2.08 bits per heavy atom. The molecular formula is C19H17N5. The summed E-state index contributed by atoms with van der Waals surface area (Å²) in [6.45, 7) is 1.31. The molecule has 4 rings (SSSR count). The first-order valence-electron chi connectivity index (χ1n) is 7.87. The first-order chi connectivity index (χ1) is 11.9. The Morgan fingerprint density at radius 1 is 0.708 bits per heavy atom. The van der Waals surface area contributed by atoms with Gasteiger partial charge in [-0.25, -0.2) is 0 Å². The monoisotopic (exact) mass is 315 g/mol. The fourth-order valence-electron chi connectivity index (χ4n) is 2.74. The van der Waals surface area contributed by atoms with Crippen LogP contribution in [0.3, 0.4) is 0 Å². The number of aromatic nitrogens is 5. The summed E-state index contributed by atoms with van der Waals surface area (Å²) in [5, 5.41) is 8.36. The second kappa shape index (κ2) is 6.50. The highest BCUT2D eigenvalue weighted by molar-refractivity contribution is 5.64. The summed E-state index contributed by atoms with van der Waals surface area (Å²) in [7, 11) is 0. The number of rotatable bonds is 5. The normalized spacial score (nSPS) is 10.8. The average Bonchev–Trinajstić information content (AvgIpc) is 3.30. The van der Waals surface area contributed by atoms with Gasteiger partial charge in [0.2, 0.25) is 0 Å². The zero-order valence-electron chi connectivity index (χ0n) is 13.2. The Balaban J connectivity index is 1.72. The molecule has 4 aromatic rings. The first-order valence-corrected chi connectivity index (χ1v) is 7.87. The minimum absolute atomic E-state index is 0.562. The van der Waals surface area contributed by atoms with Gasteiger partial charge < -0.3 is 4.57 Å². The molecular weight excluding hydrogens is 298 g/mol. The molecule has 3 aromatic heterocycles. The van der Waals surface area contributed by atoms with Crippen molar-refractivity contribution in [2.24, 2.45) is 0 Å². The van der Waals surface area contributed by atoms with Crippen molar-refractivity contribution in [1.29, 1.82) is 0 Å². The average molecular weight is 315 g/mol. The Bertz CT molecular complexity index is 842. The van der Waals surface area contributed by atoms with Gasteiger partial charge in [0.1, 0.15) is 6.54 Å². The molecule has 24 heavy (non-hydrogen) atoms. The number of benzene rings is 1. The van der Waals surface area contributed by atoms with E-state index in [9.17, 15) is 0 Å². The zero-order valence-corrected chi connectivity index (χ0v) is 13.2. The second-order valence-corrected chi connectivity index (χ2v) is 5.62. The van der Waals surface area contributed by atoms with E-state index in [0.29, 0.717) is 6.54 Å². The van der Waals surface area contributed by atoms with E-state index in [0.717, 1.165) is 23.5 Å². The lowest BCUT2D eigenvalue weighted by Gasteiger charge is -2.10. The Labute approximate surface area is 140 Å². The van der Waals surface area contributed by atoms with Crippen LogP contribution in [0.4, 0.5) is 0 Å². The predicted molar refractivity (Wildman–Crippen MR) is 92.3 cm³/mol. The van der Waals surface area contributed by atoms with E-state index >= 15 is 0 Å². The van der Waals surface area contributed by atoms with E-state index in [1.165, 1.54) is 5.56 Å². The summed E-state index contributed by atoms with van der Waals surface area (Å²) in [5.74, 6) is 0. The van der Waals surface area contributed by atoms with Crippen molar-refractivity contribution in [1.82, 2.24) is 24.5 Å². The third-order valence-electron chi connectivity index (χ3n) is 3.82. The van der Waals surface area contributed by atoms with Crippen LogP contribution in [-0.2, 0) is 13.1 Å². The van der Waals surface area contributed by atoms with Crippen LogP contribution in [-0.4, -0.2) is 24.5 Å². The SMILES string of the molecule is c1ccc(-c2cc(Cn3cccc3)nc(Cn3nccn3)c2)cc1. The molecule has 0 aliphatic heterocycles. The minimum Gasteiger partial charge on any atom is -0.348 e. The van der Waals surface area contributed by atoms with Crippen LogP contribution in [0, 0.1) is 0 Å². The quantitative estimate of drug-likeness (QED) is 0.568. The van der Waals surface area contributed by atoms with Gasteiger partial charge in [-0.2, -0.15) is 15.0 Å². The highest BCUT2D eigenvalue weighted by Gasteiger charge is 2.07. The minimum atomic E-state index is 0.562. The van der Waals surface area contributed by atoms with Gasteiger partial charge in [-0.3, -0.25) is 4.98 Å². The Morgan fingerprint density at radius 2 is 1.38 bits per heavy atom. The molecule has 5 heteroatoms. The summed E-state index contributed by atoms with van der Waals surface area (Å²) in [4.78, 5) is 6.44. The molecule has 0 N–H and O–H groups in total. The molecule has 0 spiro atoms. The van der Waals surface area contributed by atoms with Crippen molar-refractivity contribution < 1.29 is 0 Å². The summed E-state index contributed by atoms with van der Waals surface area (Å²) in [6.07, 6.45) is 7.46. The molecule has 0 atom stereocenters. The van der Waals surface area contributed by atoms with Crippen LogP contribution < -0.4 is 0 Å². The topological polar surface area (TPSA) is 48.5 Å². The molecule has 0 amide bonds. The van der Waals surface area contributed by atoms with Crippen molar-refractivity contribution in [2.75, 3.05) is 0 Å². The van der Waals surface area contributed by atoms with Gasteiger partial charge in [0.25, 0.3) is 0 Å². The summed E-state index contributed by atoms with van der Waals surface area (Å²) in [5.41, 5.74) is 4.32. The molecule has 0 saturated carbocycles. The largest absolute Gasteiger partial charge is 0.348 e. The van der Waals surface area contributed by atoms with E-state index in [2.05, 4.69) is 51.2 Å². The molecule has 0 bridgehead atoms. The predicted octanol–water partition coefficient (Wildman–Crippen LogP) is 3.24. The maximum atomic E-state index is 4.79. The van der Waals surface area contributed by atoms with Crippen LogP contribution in [0.2, 0.25) is 0 Å². The van der Waals surface area contributed by atoms with Crippen LogP contribution in [0.25, 0.3) is 11.1 Å². The van der Waals surface area contributed by atoms with Crippen LogP contribution in [0.1, 0.15) is 11.4 Å². The third kappa shape index (κ3) is 3.25. The number of nitrogens with zero attached hydrogens (tertiary/aromatic N) is 5. The lowest BCUT2D eigenvalue weighted by atomic mass is 10.0. The van der Waals surface area contributed by atoms with Gasteiger partial charge in [0, 0.05) is 12.4 Å². The standard InChI is InChI=1S/C19H17N5/c1-2-6-16(7-3-1)17-12-18(14-23-10-4-5-11-23)22-19(13-17)15-24-20-8-9-21-24/h1-13H,14-15H2. The Kier molecular flexibility index (Phi) is 3.90. The Hall–Kier alpha value is -3.21. The molecule has 5 nitrogen and oxygen atoms in total. The summed E-state index contributed by atoms with van der Waals surface area (Å²) >= 11 is 0. The van der Waals surface area contributed by atoms with Gasteiger partial charge in [-0.1, -0.05) is 30.3 Å². The lowest BCUT2D eigenvalue weighted by Crippen LogP contribution is -2.08. The fourth-order valence-corrected chi connectivity index (χ4v) is 2.74. The van der Waals surface area contributed by atoms with Crippen LogP contribution in [0.15, 0.2) is 79.4 Å². The van der Waals surface area contributed by atoms with E-state index < -0.39 is 0 Å². The van der Waals surface area contributed by atoms with Gasteiger partial charge in [-0.15, -0.1) is 0 Å². The second-order valence-electron chi connectivity index (χ2n) is 5.62. The molecule has 0 aliphatic carbocycles. The molecule has 3 heterocycles. The highest BCUT2D eigenvalue weighted by atomic mass is 15.5. The molecule has 0 fully saturated rings. The third-order valence-corrected chi connectivity index (χ3v) is 3.82. The molecule has 118 valence electrons. The van der Waals surface area contributed by atoms with Crippen molar-refractivity contribution in [3.8, 4) is 11.1 Å². The van der Waals surface area contributed by atoms with Crippen molar-refractivity contribution in [3.63, 3.8) is 0 Å². The summed E-state index contributed by atoms with van der Waals surface area (Å²) in [6, 6.07) is 18.7. The smallest absolute Gasteiger partial charge is 0.103 e.